The lowest BCUT2D eigenvalue weighted by molar-refractivity contribution is 0.172. The maximum absolute atomic E-state index is 5.43. The highest BCUT2D eigenvalue weighted by atomic mass is 127. The fourth-order valence-electron chi connectivity index (χ4n) is 3.60. The number of ether oxygens (including phenoxy) is 2. The summed E-state index contributed by atoms with van der Waals surface area (Å²) >= 11 is 1.75. The molecule has 1 N–H and O–H groups in total. The summed E-state index contributed by atoms with van der Waals surface area (Å²) in [5.41, 5.74) is 2.63. The van der Waals surface area contributed by atoms with Crippen molar-refractivity contribution in [1.29, 1.82) is 0 Å². The molecular formula is C22H33IN4O2S. The number of rotatable bonds is 7. The molecule has 1 fully saturated rings. The molecule has 1 aliphatic rings. The Bertz CT molecular complexity index is 792. The van der Waals surface area contributed by atoms with Gasteiger partial charge in [0.15, 0.2) is 17.5 Å². The molecule has 1 atom stereocenters. The zero-order valence-electron chi connectivity index (χ0n) is 18.3. The first kappa shape index (κ1) is 24.7. The smallest absolute Gasteiger partial charge is 0.193 e. The molecule has 0 saturated carbocycles. The minimum atomic E-state index is 0. The van der Waals surface area contributed by atoms with Crippen LogP contribution in [0.2, 0.25) is 0 Å². The van der Waals surface area contributed by atoms with E-state index in [1.807, 2.05) is 13.1 Å². The molecule has 2 aromatic rings. The van der Waals surface area contributed by atoms with Crippen molar-refractivity contribution in [3.05, 3.63) is 46.2 Å². The van der Waals surface area contributed by atoms with Crippen LogP contribution in [0.4, 0.5) is 0 Å². The van der Waals surface area contributed by atoms with E-state index in [0.717, 1.165) is 56.7 Å². The van der Waals surface area contributed by atoms with Crippen molar-refractivity contribution in [2.75, 3.05) is 54.0 Å². The third kappa shape index (κ3) is 6.49. The van der Waals surface area contributed by atoms with Crippen molar-refractivity contribution in [1.82, 2.24) is 15.1 Å². The van der Waals surface area contributed by atoms with Crippen molar-refractivity contribution in [3.8, 4) is 11.5 Å². The number of piperazine rings is 1. The average molecular weight is 545 g/mol. The second-order valence-electron chi connectivity index (χ2n) is 7.34. The molecular weight excluding hydrogens is 511 g/mol. The van der Waals surface area contributed by atoms with Crippen molar-refractivity contribution in [2.24, 2.45) is 4.99 Å². The third-order valence-electron chi connectivity index (χ3n) is 5.42. The van der Waals surface area contributed by atoms with Crippen LogP contribution in [0.15, 0.2) is 40.0 Å². The number of guanidine groups is 1. The normalized spacial score (nSPS) is 16.0. The molecule has 0 bridgehead atoms. The minimum Gasteiger partial charge on any atom is -0.493 e. The summed E-state index contributed by atoms with van der Waals surface area (Å²) < 4.78 is 10.8. The zero-order chi connectivity index (χ0) is 20.6. The SMILES string of the molecule is CN=C(NCC(C)c1ccsc1)N1CCN(Cc2ccc(OC)c(OC)c2)CC1.I. The van der Waals surface area contributed by atoms with Crippen molar-refractivity contribution in [3.63, 3.8) is 0 Å². The summed E-state index contributed by atoms with van der Waals surface area (Å²) in [6, 6.07) is 8.36. The van der Waals surface area contributed by atoms with Crippen LogP contribution in [0.3, 0.4) is 0 Å². The minimum absolute atomic E-state index is 0. The Labute approximate surface area is 201 Å². The third-order valence-corrected chi connectivity index (χ3v) is 6.12. The first-order chi connectivity index (χ1) is 14.1. The molecule has 1 saturated heterocycles. The number of thiophene rings is 1. The largest absolute Gasteiger partial charge is 0.493 e. The number of nitrogens with zero attached hydrogens (tertiary/aromatic N) is 3. The van der Waals surface area contributed by atoms with Gasteiger partial charge in [-0.3, -0.25) is 9.89 Å². The fraction of sp³-hybridized carbons (Fsp3) is 0.500. The van der Waals surface area contributed by atoms with Gasteiger partial charge < -0.3 is 19.7 Å². The van der Waals surface area contributed by atoms with E-state index in [4.69, 9.17) is 9.47 Å². The predicted molar refractivity (Wildman–Crippen MR) is 136 cm³/mol. The molecule has 0 amide bonds. The molecule has 3 rings (SSSR count). The zero-order valence-corrected chi connectivity index (χ0v) is 21.4. The van der Waals surface area contributed by atoms with Crippen LogP contribution in [0.25, 0.3) is 0 Å². The van der Waals surface area contributed by atoms with Crippen molar-refractivity contribution in [2.45, 2.75) is 19.4 Å². The van der Waals surface area contributed by atoms with E-state index >= 15 is 0 Å². The molecule has 0 spiro atoms. The van der Waals surface area contributed by atoms with Gasteiger partial charge in [-0.2, -0.15) is 11.3 Å². The van der Waals surface area contributed by atoms with Crippen LogP contribution in [0, 0.1) is 0 Å². The number of methoxy groups -OCH3 is 2. The van der Waals surface area contributed by atoms with Crippen LogP contribution >= 0.6 is 35.3 Å². The first-order valence-corrected chi connectivity index (χ1v) is 11.0. The van der Waals surface area contributed by atoms with Crippen LogP contribution in [0.5, 0.6) is 11.5 Å². The molecule has 2 heterocycles. The van der Waals surface area contributed by atoms with Gasteiger partial charge in [-0.1, -0.05) is 13.0 Å². The second-order valence-corrected chi connectivity index (χ2v) is 8.12. The van der Waals surface area contributed by atoms with Crippen LogP contribution in [0.1, 0.15) is 24.0 Å². The lowest BCUT2D eigenvalue weighted by Crippen LogP contribution is -2.52. The lowest BCUT2D eigenvalue weighted by atomic mass is 10.1. The van der Waals surface area contributed by atoms with E-state index < -0.39 is 0 Å². The Balaban J connectivity index is 0.00000320. The number of benzene rings is 1. The first-order valence-electron chi connectivity index (χ1n) is 10.1. The Kier molecular flexibility index (Phi) is 10.2. The Morgan fingerprint density at radius 1 is 1.13 bits per heavy atom. The summed E-state index contributed by atoms with van der Waals surface area (Å²) in [5.74, 6) is 3.03. The number of hydrogen-bond donors (Lipinski definition) is 1. The van der Waals surface area contributed by atoms with E-state index in [0.29, 0.717) is 5.92 Å². The van der Waals surface area contributed by atoms with Crippen LogP contribution in [-0.4, -0.2) is 69.8 Å². The molecule has 1 aromatic carbocycles. The summed E-state index contributed by atoms with van der Waals surface area (Å²) in [6.07, 6.45) is 0. The standard InChI is InChI=1S/C22H32N4O2S.HI/c1-17(19-7-12-29-16-19)14-24-22(23-2)26-10-8-25(9-11-26)15-18-5-6-20(27-3)21(13-18)28-4;/h5-7,12-13,16-17H,8-11,14-15H2,1-4H3,(H,23,24);1H. The summed E-state index contributed by atoms with van der Waals surface area (Å²) in [6.45, 7) is 8.03. The molecule has 0 aliphatic carbocycles. The van der Waals surface area contributed by atoms with Gasteiger partial charge in [-0.15, -0.1) is 24.0 Å². The quantitative estimate of drug-likeness (QED) is 0.326. The van der Waals surface area contributed by atoms with Gasteiger partial charge in [0.25, 0.3) is 0 Å². The molecule has 8 heteroatoms. The Morgan fingerprint density at radius 3 is 2.47 bits per heavy atom. The molecule has 30 heavy (non-hydrogen) atoms. The number of halogens is 1. The highest BCUT2D eigenvalue weighted by Crippen LogP contribution is 2.28. The fourth-order valence-corrected chi connectivity index (χ4v) is 4.39. The molecule has 1 aromatic heterocycles. The van der Waals surface area contributed by atoms with Gasteiger partial charge >= 0.3 is 0 Å². The van der Waals surface area contributed by atoms with Crippen LogP contribution < -0.4 is 14.8 Å². The number of aliphatic imine (C=N–C) groups is 1. The molecule has 1 unspecified atom stereocenters. The summed E-state index contributed by atoms with van der Waals surface area (Å²) in [4.78, 5) is 9.32. The van der Waals surface area contributed by atoms with Gasteiger partial charge in [0.1, 0.15) is 0 Å². The topological polar surface area (TPSA) is 49.3 Å². The van der Waals surface area contributed by atoms with Gasteiger partial charge in [-0.05, 0) is 46.0 Å². The van der Waals surface area contributed by atoms with Crippen molar-refractivity contribution >= 4 is 41.3 Å². The highest BCUT2D eigenvalue weighted by Gasteiger charge is 2.20. The molecule has 6 nitrogen and oxygen atoms in total. The number of nitrogens with one attached hydrogen (secondary N) is 1. The maximum atomic E-state index is 5.43. The summed E-state index contributed by atoms with van der Waals surface area (Å²) in [5, 5.41) is 7.91. The Hall–Kier alpha value is -1.52. The van der Waals surface area contributed by atoms with Gasteiger partial charge in [-0.25, -0.2) is 0 Å². The van der Waals surface area contributed by atoms with E-state index in [9.17, 15) is 0 Å². The summed E-state index contributed by atoms with van der Waals surface area (Å²) in [7, 11) is 5.21. The van der Waals surface area contributed by atoms with E-state index in [-0.39, 0.29) is 24.0 Å². The van der Waals surface area contributed by atoms with E-state index in [1.165, 1.54) is 11.1 Å². The average Bonchev–Trinajstić information content (AvgIpc) is 3.30. The van der Waals surface area contributed by atoms with Crippen LogP contribution in [-0.2, 0) is 6.54 Å². The Morgan fingerprint density at radius 2 is 1.87 bits per heavy atom. The highest BCUT2D eigenvalue weighted by molar-refractivity contribution is 14.0. The van der Waals surface area contributed by atoms with E-state index in [2.05, 4.69) is 56.0 Å². The molecule has 0 radical (unpaired) electrons. The number of hydrogen-bond acceptors (Lipinski definition) is 5. The predicted octanol–water partition coefficient (Wildman–Crippen LogP) is 3.88. The van der Waals surface area contributed by atoms with Gasteiger partial charge in [0.2, 0.25) is 0 Å². The van der Waals surface area contributed by atoms with Gasteiger partial charge in [0, 0.05) is 46.3 Å². The monoisotopic (exact) mass is 544 g/mol. The van der Waals surface area contributed by atoms with E-state index in [1.54, 1.807) is 25.6 Å². The maximum Gasteiger partial charge on any atom is 0.193 e. The second kappa shape index (κ2) is 12.4. The lowest BCUT2D eigenvalue weighted by Gasteiger charge is -2.36. The van der Waals surface area contributed by atoms with Gasteiger partial charge in [0.05, 0.1) is 14.2 Å². The molecule has 1 aliphatic heterocycles. The van der Waals surface area contributed by atoms with Crippen molar-refractivity contribution < 1.29 is 9.47 Å². The molecule has 166 valence electrons.